The zero-order valence-corrected chi connectivity index (χ0v) is 21.0. The molecule has 3 amide bonds. The van der Waals surface area contributed by atoms with Crippen LogP contribution in [0.15, 0.2) is 38.9 Å². The van der Waals surface area contributed by atoms with Crippen LogP contribution in [0.25, 0.3) is 6.08 Å². The van der Waals surface area contributed by atoms with E-state index in [1.807, 2.05) is 0 Å². The Morgan fingerprint density at radius 2 is 1.91 bits per heavy atom. The Labute approximate surface area is 209 Å². The number of rotatable bonds is 9. The summed E-state index contributed by atoms with van der Waals surface area (Å²) in [6, 6.07) is 5.43. The quantitative estimate of drug-likeness (QED) is 0.283. The van der Waals surface area contributed by atoms with E-state index in [2.05, 4.69) is 30.7 Å². The second kappa shape index (κ2) is 11.1. The first-order valence-corrected chi connectivity index (χ1v) is 11.2. The van der Waals surface area contributed by atoms with Gasteiger partial charge in [-0.05, 0) is 49.8 Å². The molecular formula is C23H23BrN2O9. The number of amides is 3. The van der Waals surface area contributed by atoms with Gasteiger partial charge in [-0.1, -0.05) is 15.9 Å². The van der Waals surface area contributed by atoms with E-state index in [0.717, 1.165) is 4.90 Å². The Hall–Kier alpha value is -3.80. The molecule has 0 spiro atoms. The first kappa shape index (κ1) is 25.8. The number of methoxy groups -OCH3 is 2. The van der Waals surface area contributed by atoms with Crippen molar-refractivity contribution in [1.29, 1.82) is 0 Å². The third-order valence-corrected chi connectivity index (χ3v) is 5.51. The van der Waals surface area contributed by atoms with E-state index < -0.39 is 30.0 Å². The van der Waals surface area contributed by atoms with Gasteiger partial charge in [-0.2, -0.15) is 0 Å². The van der Waals surface area contributed by atoms with Crippen LogP contribution in [0.1, 0.15) is 35.7 Å². The maximum absolute atomic E-state index is 12.9. The van der Waals surface area contributed by atoms with Crippen molar-refractivity contribution in [3.63, 3.8) is 0 Å². The van der Waals surface area contributed by atoms with Gasteiger partial charge in [0.15, 0.2) is 17.6 Å². The number of imide groups is 1. The van der Waals surface area contributed by atoms with Gasteiger partial charge in [0.05, 0.1) is 27.4 Å². The predicted octanol–water partition coefficient (Wildman–Crippen LogP) is 3.26. The molecule has 1 aromatic carbocycles. The summed E-state index contributed by atoms with van der Waals surface area (Å²) >= 11 is 3.42. The number of benzene rings is 1. The highest BCUT2D eigenvalue weighted by Gasteiger charge is 2.34. The SMILES string of the molecule is CCOc1cc(/C=C2\NC(=O)N(Cc3ccc(C(=O)OC)o3)C2=O)c(Br)cc1O[C@@H](C)C(=O)OC. The first-order chi connectivity index (χ1) is 16.7. The second-order valence-electron chi connectivity index (χ2n) is 7.17. The molecule has 1 aliphatic rings. The number of ether oxygens (including phenoxy) is 4. The molecule has 186 valence electrons. The maximum atomic E-state index is 12.9. The number of carbonyl (C=O) groups excluding carboxylic acids is 4. The van der Waals surface area contributed by atoms with Gasteiger partial charge in [-0.25, -0.2) is 14.4 Å². The number of urea groups is 1. The largest absolute Gasteiger partial charge is 0.490 e. The third-order valence-electron chi connectivity index (χ3n) is 4.82. The normalized spacial score (nSPS) is 15.1. The van der Waals surface area contributed by atoms with E-state index in [1.165, 1.54) is 32.4 Å². The minimum absolute atomic E-state index is 0.0227. The molecule has 11 nitrogen and oxygen atoms in total. The van der Waals surface area contributed by atoms with E-state index in [9.17, 15) is 19.2 Å². The lowest BCUT2D eigenvalue weighted by Gasteiger charge is -2.17. The molecule has 1 N–H and O–H groups in total. The van der Waals surface area contributed by atoms with Gasteiger partial charge in [-0.15, -0.1) is 0 Å². The van der Waals surface area contributed by atoms with Crippen molar-refractivity contribution in [3.8, 4) is 11.5 Å². The monoisotopic (exact) mass is 550 g/mol. The minimum Gasteiger partial charge on any atom is -0.490 e. The topological polar surface area (TPSA) is 134 Å². The van der Waals surface area contributed by atoms with Crippen LogP contribution in [0.5, 0.6) is 11.5 Å². The lowest BCUT2D eigenvalue weighted by Crippen LogP contribution is -2.30. The summed E-state index contributed by atoms with van der Waals surface area (Å²) in [5.41, 5.74) is 0.539. The van der Waals surface area contributed by atoms with Crippen LogP contribution < -0.4 is 14.8 Å². The number of hydrogen-bond donors (Lipinski definition) is 1. The van der Waals surface area contributed by atoms with Crippen molar-refractivity contribution in [1.82, 2.24) is 10.2 Å². The minimum atomic E-state index is -0.874. The number of esters is 2. The fourth-order valence-corrected chi connectivity index (χ4v) is 3.56. The molecule has 2 aromatic rings. The van der Waals surface area contributed by atoms with Crippen LogP contribution in [0, 0.1) is 0 Å². The van der Waals surface area contributed by atoms with Crippen LogP contribution in [-0.4, -0.2) is 55.7 Å². The molecule has 0 bridgehead atoms. The number of hydrogen-bond acceptors (Lipinski definition) is 9. The van der Waals surface area contributed by atoms with Gasteiger partial charge in [0, 0.05) is 4.47 Å². The van der Waals surface area contributed by atoms with Crippen molar-refractivity contribution in [2.75, 3.05) is 20.8 Å². The fourth-order valence-electron chi connectivity index (χ4n) is 3.13. The van der Waals surface area contributed by atoms with Crippen LogP contribution >= 0.6 is 15.9 Å². The number of halogens is 1. The van der Waals surface area contributed by atoms with Crippen LogP contribution in [-0.2, 0) is 25.6 Å². The summed E-state index contributed by atoms with van der Waals surface area (Å²) in [5, 5.41) is 2.52. The predicted molar refractivity (Wildman–Crippen MR) is 125 cm³/mol. The van der Waals surface area contributed by atoms with Crippen molar-refractivity contribution >= 4 is 45.9 Å². The molecule has 1 saturated heterocycles. The second-order valence-corrected chi connectivity index (χ2v) is 8.03. The highest BCUT2D eigenvalue weighted by Crippen LogP contribution is 2.36. The Kier molecular flexibility index (Phi) is 8.18. The summed E-state index contributed by atoms with van der Waals surface area (Å²) in [5.74, 6) is -0.991. The van der Waals surface area contributed by atoms with Gasteiger partial charge >= 0.3 is 18.0 Å². The molecule has 0 aliphatic carbocycles. The molecule has 0 radical (unpaired) electrons. The average Bonchev–Trinajstić information content (AvgIpc) is 3.41. The van der Waals surface area contributed by atoms with Crippen molar-refractivity contribution < 1.29 is 42.5 Å². The summed E-state index contributed by atoms with van der Waals surface area (Å²) in [4.78, 5) is 49.5. The lowest BCUT2D eigenvalue weighted by atomic mass is 10.1. The number of furan rings is 1. The molecule has 12 heteroatoms. The Morgan fingerprint density at radius 1 is 1.17 bits per heavy atom. The number of nitrogens with one attached hydrogen (secondary N) is 1. The molecule has 1 aromatic heterocycles. The van der Waals surface area contributed by atoms with Gasteiger partial charge < -0.3 is 28.7 Å². The van der Waals surface area contributed by atoms with E-state index in [0.29, 0.717) is 28.1 Å². The standard InChI is InChI=1S/C23H23BrN2O9/c1-5-33-18-9-13(15(24)10-19(18)34-12(2)21(28)31-3)8-16-20(27)26(23(30)25-16)11-14-6-7-17(35-14)22(29)32-4/h6-10,12H,5,11H2,1-4H3,(H,25,30)/b16-8-/t12-/m0/s1. The maximum Gasteiger partial charge on any atom is 0.373 e. The van der Waals surface area contributed by atoms with Crippen molar-refractivity contribution in [3.05, 3.63) is 51.5 Å². The molecule has 3 rings (SSSR count). The number of nitrogens with zero attached hydrogens (tertiary/aromatic N) is 1. The van der Waals surface area contributed by atoms with Gasteiger partial charge in [-0.3, -0.25) is 9.69 Å². The molecule has 1 fully saturated rings. The van der Waals surface area contributed by atoms with Crippen LogP contribution in [0.2, 0.25) is 0 Å². The van der Waals surface area contributed by atoms with Crippen LogP contribution in [0.3, 0.4) is 0 Å². The van der Waals surface area contributed by atoms with Crippen LogP contribution in [0.4, 0.5) is 4.79 Å². The first-order valence-electron chi connectivity index (χ1n) is 10.4. The molecule has 0 unspecified atom stereocenters. The highest BCUT2D eigenvalue weighted by atomic mass is 79.9. The average molecular weight is 551 g/mol. The summed E-state index contributed by atoms with van der Waals surface area (Å²) in [7, 11) is 2.48. The molecule has 0 saturated carbocycles. The summed E-state index contributed by atoms with van der Waals surface area (Å²) < 4.78 is 26.4. The van der Waals surface area contributed by atoms with E-state index in [4.69, 9.17) is 13.9 Å². The highest BCUT2D eigenvalue weighted by molar-refractivity contribution is 9.10. The summed E-state index contributed by atoms with van der Waals surface area (Å²) in [6.45, 7) is 3.47. The van der Waals surface area contributed by atoms with Gasteiger partial charge in [0.1, 0.15) is 11.5 Å². The fraction of sp³-hybridized carbons (Fsp3) is 0.304. The van der Waals surface area contributed by atoms with Crippen molar-refractivity contribution in [2.45, 2.75) is 26.5 Å². The summed E-state index contributed by atoms with van der Waals surface area (Å²) in [6.07, 6.45) is 0.600. The zero-order chi connectivity index (χ0) is 25.7. The third kappa shape index (κ3) is 5.83. The van der Waals surface area contributed by atoms with E-state index >= 15 is 0 Å². The number of carbonyl (C=O) groups is 4. The Bertz CT molecular complexity index is 1190. The molecule has 1 atom stereocenters. The van der Waals surface area contributed by atoms with E-state index in [-0.39, 0.29) is 23.8 Å². The molecule has 35 heavy (non-hydrogen) atoms. The van der Waals surface area contributed by atoms with E-state index in [1.54, 1.807) is 26.0 Å². The van der Waals surface area contributed by atoms with Gasteiger partial charge in [0.25, 0.3) is 5.91 Å². The Morgan fingerprint density at radius 3 is 2.57 bits per heavy atom. The molecule has 2 heterocycles. The Balaban J connectivity index is 1.84. The zero-order valence-electron chi connectivity index (χ0n) is 19.4. The van der Waals surface area contributed by atoms with Crippen molar-refractivity contribution in [2.24, 2.45) is 0 Å². The smallest absolute Gasteiger partial charge is 0.373 e. The molecular weight excluding hydrogens is 528 g/mol. The van der Waals surface area contributed by atoms with Gasteiger partial charge in [0.2, 0.25) is 5.76 Å². The lowest BCUT2D eigenvalue weighted by molar-refractivity contribution is -0.148. The molecule has 1 aliphatic heterocycles.